The molecule has 0 aliphatic carbocycles. The Bertz CT molecular complexity index is 900. The molecule has 1 amide bonds. The van der Waals surface area contributed by atoms with Gasteiger partial charge in [-0.25, -0.2) is 4.79 Å². The van der Waals surface area contributed by atoms with E-state index >= 15 is 0 Å². The number of carbonyl (C=O) groups excluding carboxylic acids is 1. The summed E-state index contributed by atoms with van der Waals surface area (Å²) >= 11 is 0. The maximum absolute atomic E-state index is 13.7. The van der Waals surface area contributed by atoms with E-state index in [4.69, 9.17) is 18.3 Å². The largest absolute Gasteiger partial charge is 0.444 e. The number of likely N-dealkylation sites (tertiary alicyclic amines) is 1. The molecule has 3 unspecified atom stereocenters. The molecule has 1 aliphatic heterocycles. The van der Waals surface area contributed by atoms with Crippen LogP contribution in [0.5, 0.6) is 0 Å². The molecule has 0 spiro atoms. The molecule has 0 saturated carbocycles. The van der Waals surface area contributed by atoms with Gasteiger partial charge in [0.1, 0.15) is 5.60 Å². The zero-order valence-corrected chi connectivity index (χ0v) is 28.4. The van der Waals surface area contributed by atoms with Crippen molar-refractivity contribution in [2.24, 2.45) is 0 Å². The third-order valence-corrected chi connectivity index (χ3v) is 17.5. The van der Waals surface area contributed by atoms with Crippen LogP contribution >= 0.6 is 0 Å². The molecule has 2 rings (SSSR count). The Morgan fingerprint density at radius 2 is 1.34 bits per heavy atom. The second-order valence-electron chi connectivity index (χ2n) is 14.8. The Morgan fingerprint density at radius 1 is 0.842 bits per heavy atom. The summed E-state index contributed by atoms with van der Waals surface area (Å²) < 4.78 is 25.8. The van der Waals surface area contributed by atoms with Crippen LogP contribution in [0.25, 0.3) is 0 Å². The van der Waals surface area contributed by atoms with Crippen LogP contribution in [0.1, 0.15) is 74.3 Å². The first-order chi connectivity index (χ1) is 17.1. The van der Waals surface area contributed by atoms with Gasteiger partial charge in [0.2, 0.25) is 0 Å². The standard InChI is InChI=1S/C30H55NO5Si2/c1-28(2,3)36-27(32)31-24(21-34-37(10,11)29(4,5)6)19-26(33-20-23-17-15-14-16-18-23)25(31)22-35-38(12,13)30(7,8)9/h14-18,24-26H,19-22H2,1-13H3. The van der Waals surface area contributed by atoms with E-state index in [1.807, 2.05) is 43.9 Å². The van der Waals surface area contributed by atoms with Gasteiger partial charge in [0.05, 0.1) is 38.0 Å². The van der Waals surface area contributed by atoms with Crippen LogP contribution in [-0.2, 0) is 24.9 Å². The van der Waals surface area contributed by atoms with E-state index in [0.717, 1.165) is 5.56 Å². The smallest absolute Gasteiger partial charge is 0.411 e. The van der Waals surface area contributed by atoms with Gasteiger partial charge in [0, 0.05) is 0 Å². The van der Waals surface area contributed by atoms with Gasteiger partial charge in [-0.2, -0.15) is 0 Å². The summed E-state index contributed by atoms with van der Waals surface area (Å²) in [6, 6.07) is 9.79. The summed E-state index contributed by atoms with van der Waals surface area (Å²) in [5.41, 5.74) is 0.511. The van der Waals surface area contributed by atoms with Crippen molar-refractivity contribution in [3.63, 3.8) is 0 Å². The van der Waals surface area contributed by atoms with Gasteiger partial charge >= 0.3 is 6.09 Å². The van der Waals surface area contributed by atoms with Crippen molar-refractivity contribution in [1.29, 1.82) is 0 Å². The lowest BCUT2D eigenvalue weighted by atomic mass is 10.1. The fraction of sp³-hybridized carbons (Fsp3) is 0.767. The van der Waals surface area contributed by atoms with Crippen molar-refractivity contribution in [3.05, 3.63) is 35.9 Å². The predicted molar refractivity (Wildman–Crippen MR) is 162 cm³/mol. The molecule has 1 aromatic carbocycles. The van der Waals surface area contributed by atoms with Crippen molar-refractivity contribution < 1.29 is 23.1 Å². The van der Waals surface area contributed by atoms with Crippen LogP contribution in [0.15, 0.2) is 30.3 Å². The number of ether oxygens (including phenoxy) is 2. The van der Waals surface area contributed by atoms with Gasteiger partial charge in [-0.3, -0.25) is 4.90 Å². The quantitative estimate of drug-likeness (QED) is 0.284. The van der Waals surface area contributed by atoms with E-state index in [1.54, 1.807) is 0 Å². The van der Waals surface area contributed by atoms with Crippen molar-refractivity contribution >= 4 is 22.7 Å². The highest BCUT2D eigenvalue weighted by molar-refractivity contribution is 6.74. The first-order valence-corrected chi connectivity index (χ1v) is 19.9. The SMILES string of the molecule is CC(C)(C)OC(=O)N1C(CO[Si](C)(C)C(C)(C)C)CC(OCc2ccccc2)C1CO[Si](C)(C)C(C)(C)C. The summed E-state index contributed by atoms with van der Waals surface area (Å²) in [5, 5.41) is 0.143. The zero-order valence-electron chi connectivity index (χ0n) is 26.4. The van der Waals surface area contributed by atoms with Crippen LogP contribution < -0.4 is 0 Å². The van der Waals surface area contributed by atoms with E-state index in [9.17, 15) is 4.79 Å². The van der Waals surface area contributed by atoms with Crippen molar-refractivity contribution in [2.75, 3.05) is 13.2 Å². The number of nitrogens with zero attached hydrogens (tertiary/aromatic N) is 1. The van der Waals surface area contributed by atoms with Gasteiger partial charge in [-0.05, 0) is 69.0 Å². The fourth-order valence-electron chi connectivity index (χ4n) is 3.91. The molecule has 0 N–H and O–H groups in total. The number of rotatable bonds is 9. The minimum atomic E-state index is -2.05. The van der Waals surface area contributed by atoms with Crippen molar-refractivity contribution in [3.8, 4) is 0 Å². The van der Waals surface area contributed by atoms with Gasteiger partial charge < -0.3 is 18.3 Å². The Hall–Kier alpha value is -1.20. The highest BCUT2D eigenvalue weighted by atomic mass is 28.4. The molecule has 0 radical (unpaired) electrons. The number of amides is 1. The van der Waals surface area contributed by atoms with Crippen LogP contribution in [0.4, 0.5) is 4.79 Å². The molecule has 6 nitrogen and oxygen atoms in total. The molecule has 3 atom stereocenters. The molecule has 0 aromatic heterocycles. The van der Waals surface area contributed by atoms with Gasteiger partial charge in [-0.15, -0.1) is 0 Å². The zero-order chi connectivity index (χ0) is 29.2. The molecule has 8 heteroatoms. The predicted octanol–water partition coefficient (Wildman–Crippen LogP) is 7.99. The highest BCUT2D eigenvalue weighted by Gasteiger charge is 2.49. The molecule has 218 valence electrons. The number of benzene rings is 1. The molecule has 1 aliphatic rings. The van der Waals surface area contributed by atoms with Crippen LogP contribution in [0.2, 0.25) is 36.3 Å². The Morgan fingerprint density at radius 3 is 1.82 bits per heavy atom. The second kappa shape index (κ2) is 12.1. The van der Waals surface area contributed by atoms with Crippen LogP contribution in [0, 0.1) is 0 Å². The summed E-state index contributed by atoms with van der Waals surface area (Å²) in [7, 11) is -4.07. The Kier molecular flexibility index (Phi) is 10.5. The maximum atomic E-state index is 13.7. The molecule has 1 heterocycles. The Labute approximate surface area is 235 Å². The molecular formula is C30H55NO5Si2. The molecule has 1 fully saturated rings. The summed E-state index contributed by atoms with van der Waals surface area (Å²) in [5.74, 6) is 0. The minimum absolute atomic E-state index is 0.0631. The van der Waals surface area contributed by atoms with E-state index in [2.05, 4.69) is 79.9 Å². The van der Waals surface area contributed by atoms with Crippen molar-refractivity contribution in [2.45, 2.75) is 135 Å². The van der Waals surface area contributed by atoms with Crippen molar-refractivity contribution in [1.82, 2.24) is 4.90 Å². The average molecular weight is 566 g/mol. The molecule has 0 bridgehead atoms. The highest BCUT2D eigenvalue weighted by Crippen LogP contribution is 2.40. The van der Waals surface area contributed by atoms with Gasteiger partial charge in [0.25, 0.3) is 0 Å². The minimum Gasteiger partial charge on any atom is -0.444 e. The third-order valence-electron chi connectivity index (χ3n) is 8.46. The van der Waals surface area contributed by atoms with Gasteiger partial charge in [-0.1, -0.05) is 71.9 Å². The monoisotopic (exact) mass is 565 g/mol. The average Bonchev–Trinajstić information content (AvgIpc) is 3.10. The first-order valence-electron chi connectivity index (χ1n) is 14.1. The normalized spacial score (nSPS) is 21.6. The number of carbonyl (C=O) groups is 1. The third kappa shape index (κ3) is 8.91. The first kappa shape index (κ1) is 33.0. The van der Waals surface area contributed by atoms with E-state index in [1.165, 1.54) is 0 Å². The maximum Gasteiger partial charge on any atom is 0.411 e. The summed E-state index contributed by atoms with van der Waals surface area (Å²) in [6.45, 7) is 29.5. The number of hydrogen-bond acceptors (Lipinski definition) is 5. The fourth-order valence-corrected chi connectivity index (χ4v) is 5.97. The van der Waals surface area contributed by atoms with Crippen LogP contribution in [0.3, 0.4) is 0 Å². The van der Waals surface area contributed by atoms with Gasteiger partial charge in [0.15, 0.2) is 16.6 Å². The summed E-state index contributed by atoms with van der Waals surface area (Å²) in [6.07, 6.45) is 0.183. The molecule has 1 saturated heterocycles. The summed E-state index contributed by atoms with van der Waals surface area (Å²) in [4.78, 5) is 15.6. The van der Waals surface area contributed by atoms with E-state index in [-0.39, 0.29) is 34.4 Å². The Balaban J connectivity index is 2.38. The molecule has 38 heavy (non-hydrogen) atoms. The lowest BCUT2D eigenvalue weighted by Crippen LogP contribution is -2.52. The lowest BCUT2D eigenvalue weighted by molar-refractivity contribution is -0.0205. The second-order valence-corrected chi connectivity index (χ2v) is 24.4. The van der Waals surface area contributed by atoms with Crippen LogP contribution in [-0.4, -0.2) is 64.6 Å². The lowest BCUT2D eigenvalue weighted by Gasteiger charge is -2.40. The topological polar surface area (TPSA) is 57.2 Å². The molecular weight excluding hydrogens is 511 g/mol. The van der Waals surface area contributed by atoms with E-state index < -0.39 is 22.2 Å². The number of hydrogen-bond donors (Lipinski definition) is 0. The molecule has 1 aromatic rings. The van der Waals surface area contributed by atoms with E-state index in [0.29, 0.717) is 26.2 Å².